The molecule has 0 radical (unpaired) electrons. The first-order chi connectivity index (χ1) is 16.5. The van der Waals surface area contributed by atoms with Crippen molar-refractivity contribution in [2.45, 2.75) is 31.2 Å². The van der Waals surface area contributed by atoms with Gasteiger partial charge in [-0.05, 0) is 37.1 Å². The summed E-state index contributed by atoms with van der Waals surface area (Å²) in [5.41, 5.74) is 7.11. The lowest BCUT2D eigenvalue weighted by Gasteiger charge is -2.30. The van der Waals surface area contributed by atoms with E-state index in [4.69, 9.17) is 10.3 Å². The second-order valence-electron chi connectivity index (χ2n) is 8.41. The fraction of sp³-hybridized carbons (Fsp3) is 0.292. The molecule has 9 nitrogen and oxygen atoms in total. The average molecular weight is 462 g/mol. The zero-order valence-electron chi connectivity index (χ0n) is 18.3. The van der Waals surface area contributed by atoms with Crippen molar-refractivity contribution in [2.75, 3.05) is 18.1 Å². The van der Waals surface area contributed by atoms with Gasteiger partial charge in [-0.15, -0.1) is 0 Å². The summed E-state index contributed by atoms with van der Waals surface area (Å²) in [6.07, 6.45) is 1.68. The Labute approximate surface area is 195 Å². The van der Waals surface area contributed by atoms with Crippen molar-refractivity contribution in [3.05, 3.63) is 66.3 Å². The number of hydrogen-bond acceptors (Lipinski definition) is 7. The van der Waals surface area contributed by atoms with E-state index in [0.29, 0.717) is 41.8 Å². The van der Waals surface area contributed by atoms with E-state index in [1.807, 2.05) is 30.3 Å². The molecule has 2 aromatic carbocycles. The van der Waals surface area contributed by atoms with Crippen LogP contribution in [0.3, 0.4) is 0 Å². The number of primary amides is 1. The molecule has 2 N–H and O–H groups in total. The zero-order chi connectivity index (χ0) is 23.7. The number of aromatic nitrogens is 2. The maximum atomic E-state index is 13.5. The van der Waals surface area contributed by atoms with Gasteiger partial charge in [-0.25, -0.2) is 4.39 Å². The highest BCUT2D eigenvalue weighted by Crippen LogP contribution is 2.30. The molecule has 174 valence electrons. The summed E-state index contributed by atoms with van der Waals surface area (Å²) in [6, 6.07) is 14.4. The number of rotatable bonds is 5. The first-order valence-electron chi connectivity index (χ1n) is 11.1. The second kappa shape index (κ2) is 9.05. The van der Waals surface area contributed by atoms with Gasteiger partial charge in [-0.2, -0.15) is 10.1 Å². The monoisotopic (exact) mass is 462 g/mol. The highest BCUT2D eigenvalue weighted by molar-refractivity contribution is 6.40. The topological polar surface area (TPSA) is 118 Å². The van der Waals surface area contributed by atoms with Crippen molar-refractivity contribution in [2.24, 2.45) is 10.8 Å². The molecule has 3 heterocycles. The van der Waals surface area contributed by atoms with Gasteiger partial charge in [0, 0.05) is 25.1 Å². The number of benzene rings is 2. The highest BCUT2D eigenvalue weighted by atomic mass is 19.1. The Balaban J connectivity index is 1.32. The smallest absolute Gasteiger partial charge is 0.270 e. The number of likely N-dealkylation sites (tertiary alicyclic amines) is 1. The van der Waals surface area contributed by atoms with Gasteiger partial charge in [0.25, 0.3) is 5.91 Å². The SMILES string of the molecule is NC(=O)[C@@H]1CC(C(=O)N2CCC[C@@H](c3nc(-c4cccc(F)c4)no3)C2)=NN1c1ccccc1. The Morgan fingerprint density at radius 1 is 1.12 bits per heavy atom. The van der Waals surface area contributed by atoms with Gasteiger partial charge in [-0.3, -0.25) is 14.6 Å². The van der Waals surface area contributed by atoms with E-state index in [2.05, 4.69) is 15.2 Å². The summed E-state index contributed by atoms with van der Waals surface area (Å²) in [5, 5.41) is 9.96. The maximum absolute atomic E-state index is 13.5. The minimum atomic E-state index is -0.716. The molecule has 1 fully saturated rings. The van der Waals surface area contributed by atoms with Crippen LogP contribution in [-0.2, 0) is 9.59 Å². The molecule has 10 heteroatoms. The number of carbonyl (C=O) groups is 2. The Bertz CT molecular complexity index is 1240. The van der Waals surface area contributed by atoms with E-state index in [0.717, 1.165) is 12.8 Å². The van der Waals surface area contributed by atoms with Gasteiger partial charge in [0.15, 0.2) is 0 Å². The number of para-hydroxylation sites is 1. The van der Waals surface area contributed by atoms with Crippen molar-refractivity contribution in [1.82, 2.24) is 15.0 Å². The van der Waals surface area contributed by atoms with E-state index in [1.54, 1.807) is 17.0 Å². The minimum Gasteiger partial charge on any atom is -0.368 e. The quantitative estimate of drug-likeness (QED) is 0.623. The van der Waals surface area contributed by atoms with E-state index >= 15 is 0 Å². The summed E-state index contributed by atoms with van der Waals surface area (Å²) in [5.74, 6) is -0.588. The maximum Gasteiger partial charge on any atom is 0.270 e. The summed E-state index contributed by atoms with van der Waals surface area (Å²) in [7, 11) is 0. The molecule has 0 bridgehead atoms. The molecule has 1 aromatic heterocycles. The molecular formula is C24H23FN6O3. The number of amides is 2. The normalized spacial score (nSPS) is 20.3. The second-order valence-corrected chi connectivity index (χ2v) is 8.41. The predicted octanol–water partition coefficient (Wildman–Crippen LogP) is 2.70. The Morgan fingerprint density at radius 2 is 1.94 bits per heavy atom. The molecule has 2 amide bonds. The molecule has 1 saturated heterocycles. The van der Waals surface area contributed by atoms with Crippen molar-refractivity contribution in [3.8, 4) is 11.4 Å². The first-order valence-corrected chi connectivity index (χ1v) is 11.1. The third-order valence-electron chi connectivity index (χ3n) is 6.09. The number of hydrogen-bond donors (Lipinski definition) is 1. The lowest BCUT2D eigenvalue weighted by molar-refractivity contribution is -0.125. The van der Waals surface area contributed by atoms with Crippen LogP contribution in [0.25, 0.3) is 11.4 Å². The highest BCUT2D eigenvalue weighted by Gasteiger charge is 2.38. The fourth-order valence-corrected chi connectivity index (χ4v) is 4.37. The zero-order valence-corrected chi connectivity index (χ0v) is 18.3. The lowest BCUT2D eigenvalue weighted by atomic mass is 9.97. The number of nitrogens with two attached hydrogens (primary N) is 1. The molecule has 0 aliphatic carbocycles. The third kappa shape index (κ3) is 4.26. The van der Waals surface area contributed by atoms with Crippen LogP contribution >= 0.6 is 0 Å². The van der Waals surface area contributed by atoms with Gasteiger partial charge < -0.3 is 15.2 Å². The first kappa shape index (κ1) is 21.7. The van der Waals surface area contributed by atoms with Crippen LogP contribution in [0, 0.1) is 5.82 Å². The Morgan fingerprint density at radius 3 is 2.71 bits per heavy atom. The number of nitrogens with zero attached hydrogens (tertiary/aromatic N) is 5. The van der Waals surface area contributed by atoms with Crippen LogP contribution in [0.4, 0.5) is 10.1 Å². The summed E-state index contributed by atoms with van der Waals surface area (Å²) < 4.78 is 19.0. The van der Waals surface area contributed by atoms with Crippen LogP contribution in [0.5, 0.6) is 0 Å². The fourth-order valence-electron chi connectivity index (χ4n) is 4.37. The van der Waals surface area contributed by atoms with Gasteiger partial charge in [-0.1, -0.05) is 35.5 Å². The van der Waals surface area contributed by atoms with Gasteiger partial charge in [0.05, 0.1) is 11.6 Å². The lowest BCUT2D eigenvalue weighted by Crippen LogP contribution is -2.43. The van der Waals surface area contributed by atoms with Gasteiger partial charge >= 0.3 is 0 Å². The van der Waals surface area contributed by atoms with Crippen LogP contribution < -0.4 is 10.7 Å². The summed E-state index contributed by atoms with van der Waals surface area (Å²) in [4.78, 5) is 31.5. The molecule has 0 saturated carbocycles. The molecule has 2 aliphatic heterocycles. The van der Waals surface area contributed by atoms with Crippen molar-refractivity contribution in [1.29, 1.82) is 0 Å². The van der Waals surface area contributed by atoms with Crippen LogP contribution in [-0.4, -0.2) is 51.7 Å². The molecule has 2 atom stereocenters. The molecular weight excluding hydrogens is 439 g/mol. The van der Waals surface area contributed by atoms with Gasteiger partial charge in [0.1, 0.15) is 17.6 Å². The largest absolute Gasteiger partial charge is 0.368 e. The predicted molar refractivity (Wildman–Crippen MR) is 122 cm³/mol. The summed E-state index contributed by atoms with van der Waals surface area (Å²) >= 11 is 0. The Hall–Kier alpha value is -4.08. The van der Waals surface area contributed by atoms with Crippen LogP contribution in [0.2, 0.25) is 0 Å². The number of anilines is 1. The van der Waals surface area contributed by atoms with E-state index < -0.39 is 11.9 Å². The minimum absolute atomic E-state index is 0.147. The number of piperidine rings is 1. The van der Waals surface area contributed by atoms with Crippen molar-refractivity contribution >= 4 is 23.2 Å². The van der Waals surface area contributed by atoms with E-state index in [-0.39, 0.29) is 24.1 Å². The number of halogens is 1. The summed E-state index contributed by atoms with van der Waals surface area (Å²) in [6.45, 7) is 0.945. The molecule has 34 heavy (non-hydrogen) atoms. The Kier molecular flexibility index (Phi) is 5.79. The van der Waals surface area contributed by atoms with E-state index in [1.165, 1.54) is 17.1 Å². The van der Waals surface area contributed by atoms with E-state index in [9.17, 15) is 14.0 Å². The van der Waals surface area contributed by atoms with Crippen molar-refractivity contribution in [3.63, 3.8) is 0 Å². The van der Waals surface area contributed by atoms with Crippen LogP contribution in [0.15, 0.2) is 64.2 Å². The number of carbonyl (C=O) groups excluding carboxylic acids is 2. The molecule has 0 unspecified atom stereocenters. The third-order valence-corrected chi connectivity index (χ3v) is 6.09. The van der Waals surface area contributed by atoms with Gasteiger partial charge in [0.2, 0.25) is 17.6 Å². The molecule has 0 spiro atoms. The molecule has 5 rings (SSSR count). The standard InChI is InChI=1S/C24H23FN6O3/c25-17-8-4-6-15(12-17)22-27-23(34-29-22)16-7-5-11-30(14-16)24(33)19-13-20(21(26)32)31(28-19)18-9-2-1-3-10-18/h1-4,6,8-10,12,16,20H,5,7,11,13-14H2,(H2,26,32)/t16-,20+/m1/s1. The number of hydrazone groups is 1. The van der Waals surface area contributed by atoms with Crippen molar-refractivity contribution < 1.29 is 18.5 Å². The molecule has 3 aromatic rings. The molecule has 2 aliphatic rings. The van der Waals surface area contributed by atoms with Crippen LogP contribution in [0.1, 0.15) is 31.1 Å². The average Bonchev–Trinajstić information content (AvgIpc) is 3.53.